The zero-order chi connectivity index (χ0) is 13.7. The standard InChI is InChI=1S/C15H22N2O2/c1-2-3-4-13(17-9-7-16-8-10-17)12-5-6-14(18)15(19)11-12/h2,5-6,11,13,16,18-19H,1,3-4,7-10H2/t13-/m0/s1. The minimum Gasteiger partial charge on any atom is -0.504 e. The Kier molecular flexibility index (Phi) is 4.82. The van der Waals surface area contributed by atoms with Crippen LogP contribution >= 0.6 is 0 Å². The van der Waals surface area contributed by atoms with E-state index in [-0.39, 0.29) is 17.5 Å². The monoisotopic (exact) mass is 262 g/mol. The second-order valence-electron chi connectivity index (χ2n) is 4.92. The first-order valence-electron chi connectivity index (χ1n) is 6.80. The summed E-state index contributed by atoms with van der Waals surface area (Å²) in [5.41, 5.74) is 1.05. The molecule has 0 amide bonds. The van der Waals surface area contributed by atoms with Crippen LogP contribution in [0, 0.1) is 0 Å². The van der Waals surface area contributed by atoms with E-state index in [0.29, 0.717) is 0 Å². The third kappa shape index (κ3) is 3.49. The van der Waals surface area contributed by atoms with Gasteiger partial charge in [0.1, 0.15) is 0 Å². The first kappa shape index (κ1) is 13.9. The summed E-state index contributed by atoms with van der Waals surface area (Å²) in [5.74, 6) is -0.109. The van der Waals surface area contributed by atoms with Gasteiger partial charge in [-0.25, -0.2) is 0 Å². The Morgan fingerprint density at radius 2 is 2.00 bits per heavy atom. The number of phenolic OH excluding ortho intramolecular Hbond substituents is 2. The van der Waals surface area contributed by atoms with Gasteiger partial charge in [0.25, 0.3) is 0 Å². The van der Waals surface area contributed by atoms with E-state index in [1.807, 2.05) is 12.1 Å². The van der Waals surface area contributed by atoms with Crippen molar-refractivity contribution in [1.29, 1.82) is 0 Å². The SMILES string of the molecule is C=CCC[C@@H](c1ccc(O)c(O)c1)N1CCNCC1. The number of aromatic hydroxyl groups is 2. The third-order valence-corrected chi connectivity index (χ3v) is 3.62. The van der Waals surface area contributed by atoms with Crippen LogP contribution in [0.25, 0.3) is 0 Å². The summed E-state index contributed by atoms with van der Waals surface area (Å²) in [7, 11) is 0. The summed E-state index contributed by atoms with van der Waals surface area (Å²) in [6, 6.07) is 5.40. The van der Waals surface area contributed by atoms with Crippen LogP contribution in [-0.2, 0) is 0 Å². The number of piperazine rings is 1. The van der Waals surface area contributed by atoms with Crippen LogP contribution in [0.1, 0.15) is 24.4 Å². The lowest BCUT2D eigenvalue weighted by atomic mass is 9.99. The van der Waals surface area contributed by atoms with Crippen molar-refractivity contribution < 1.29 is 10.2 Å². The van der Waals surface area contributed by atoms with Crippen molar-refractivity contribution in [3.63, 3.8) is 0 Å². The minimum absolute atomic E-state index is 0.0452. The average Bonchev–Trinajstić information content (AvgIpc) is 2.44. The maximum atomic E-state index is 9.67. The molecule has 1 saturated heterocycles. The lowest BCUT2D eigenvalue weighted by Crippen LogP contribution is -2.45. The molecule has 0 saturated carbocycles. The predicted molar refractivity (Wildman–Crippen MR) is 76.4 cm³/mol. The van der Waals surface area contributed by atoms with Crippen molar-refractivity contribution in [2.45, 2.75) is 18.9 Å². The largest absolute Gasteiger partial charge is 0.504 e. The van der Waals surface area contributed by atoms with E-state index in [0.717, 1.165) is 44.6 Å². The van der Waals surface area contributed by atoms with Crippen LogP contribution in [-0.4, -0.2) is 41.3 Å². The van der Waals surface area contributed by atoms with Crippen molar-refractivity contribution in [1.82, 2.24) is 10.2 Å². The molecule has 2 rings (SSSR count). The summed E-state index contributed by atoms with van der Waals surface area (Å²) >= 11 is 0. The Morgan fingerprint density at radius 1 is 1.26 bits per heavy atom. The highest BCUT2D eigenvalue weighted by Crippen LogP contribution is 2.32. The van der Waals surface area contributed by atoms with E-state index in [1.165, 1.54) is 0 Å². The molecule has 104 valence electrons. The van der Waals surface area contributed by atoms with Crippen LogP contribution in [0.2, 0.25) is 0 Å². The maximum Gasteiger partial charge on any atom is 0.157 e. The van der Waals surface area contributed by atoms with Gasteiger partial charge in [-0.1, -0.05) is 12.1 Å². The van der Waals surface area contributed by atoms with Crippen LogP contribution in [0.15, 0.2) is 30.9 Å². The van der Waals surface area contributed by atoms with Gasteiger partial charge in [-0.15, -0.1) is 6.58 Å². The van der Waals surface area contributed by atoms with Gasteiger partial charge < -0.3 is 15.5 Å². The van der Waals surface area contributed by atoms with Crippen LogP contribution in [0.5, 0.6) is 11.5 Å². The van der Waals surface area contributed by atoms with Crippen molar-refractivity contribution in [3.8, 4) is 11.5 Å². The second kappa shape index (κ2) is 6.59. The molecule has 1 fully saturated rings. The molecule has 0 unspecified atom stereocenters. The molecular weight excluding hydrogens is 240 g/mol. The molecular formula is C15H22N2O2. The zero-order valence-corrected chi connectivity index (χ0v) is 11.2. The van der Waals surface area contributed by atoms with E-state index in [2.05, 4.69) is 16.8 Å². The van der Waals surface area contributed by atoms with Gasteiger partial charge in [-0.3, -0.25) is 4.90 Å². The lowest BCUT2D eigenvalue weighted by molar-refractivity contribution is 0.166. The first-order chi connectivity index (χ1) is 9.22. The normalized spacial score (nSPS) is 18.1. The second-order valence-corrected chi connectivity index (χ2v) is 4.92. The summed E-state index contributed by atoms with van der Waals surface area (Å²) in [6.45, 7) is 7.78. The number of nitrogens with zero attached hydrogens (tertiary/aromatic N) is 1. The minimum atomic E-state index is -0.0634. The molecule has 1 aliphatic heterocycles. The number of phenols is 2. The van der Waals surface area contributed by atoms with Gasteiger partial charge in [0.05, 0.1) is 0 Å². The summed E-state index contributed by atoms with van der Waals surface area (Å²) < 4.78 is 0. The average molecular weight is 262 g/mol. The fourth-order valence-electron chi connectivity index (χ4n) is 2.58. The number of hydrogen-bond donors (Lipinski definition) is 3. The fourth-order valence-corrected chi connectivity index (χ4v) is 2.58. The summed E-state index contributed by atoms with van der Waals surface area (Å²) in [4.78, 5) is 2.42. The maximum absolute atomic E-state index is 9.67. The van der Waals surface area contributed by atoms with Gasteiger partial charge in [0.2, 0.25) is 0 Å². The quantitative estimate of drug-likeness (QED) is 0.561. The molecule has 1 aliphatic rings. The molecule has 0 aromatic heterocycles. The highest BCUT2D eigenvalue weighted by atomic mass is 16.3. The molecule has 4 nitrogen and oxygen atoms in total. The number of hydrogen-bond acceptors (Lipinski definition) is 4. The fraction of sp³-hybridized carbons (Fsp3) is 0.467. The molecule has 1 heterocycles. The van der Waals surface area contributed by atoms with E-state index in [4.69, 9.17) is 0 Å². The Balaban J connectivity index is 2.19. The van der Waals surface area contributed by atoms with Gasteiger partial charge in [-0.2, -0.15) is 0 Å². The topological polar surface area (TPSA) is 55.7 Å². The number of benzene rings is 1. The number of allylic oxidation sites excluding steroid dienone is 1. The molecule has 1 atom stereocenters. The predicted octanol–water partition coefficient (Wildman–Crippen LogP) is 2.01. The van der Waals surface area contributed by atoms with Gasteiger partial charge >= 0.3 is 0 Å². The lowest BCUT2D eigenvalue weighted by Gasteiger charge is -2.35. The van der Waals surface area contributed by atoms with Gasteiger partial charge in [0, 0.05) is 32.2 Å². The molecule has 19 heavy (non-hydrogen) atoms. The Hall–Kier alpha value is -1.52. The number of nitrogens with one attached hydrogen (secondary N) is 1. The van der Waals surface area contributed by atoms with Crippen LogP contribution in [0.3, 0.4) is 0 Å². The molecule has 1 aromatic rings. The van der Waals surface area contributed by atoms with E-state index in [1.54, 1.807) is 12.1 Å². The van der Waals surface area contributed by atoms with E-state index >= 15 is 0 Å². The van der Waals surface area contributed by atoms with Crippen molar-refractivity contribution >= 4 is 0 Å². The van der Waals surface area contributed by atoms with Gasteiger partial charge in [0.15, 0.2) is 11.5 Å². The molecule has 0 radical (unpaired) electrons. The Morgan fingerprint density at radius 3 is 2.63 bits per heavy atom. The van der Waals surface area contributed by atoms with E-state index in [9.17, 15) is 10.2 Å². The molecule has 0 spiro atoms. The molecule has 0 aliphatic carbocycles. The van der Waals surface area contributed by atoms with Crippen LogP contribution < -0.4 is 5.32 Å². The van der Waals surface area contributed by atoms with Gasteiger partial charge in [-0.05, 0) is 30.5 Å². The molecule has 3 N–H and O–H groups in total. The van der Waals surface area contributed by atoms with E-state index < -0.39 is 0 Å². The first-order valence-corrected chi connectivity index (χ1v) is 6.80. The van der Waals surface area contributed by atoms with Crippen LogP contribution in [0.4, 0.5) is 0 Å². The van der Waals surface area contributed by atoms with Crippen molar-refractivity contribution in [2.75, 3.05) is 26.2 Å². The smallest absolute Gasteiger partial charge is 0.157 e. The summed E-state index contributed by atoms with van der Waals surface area (Å²) in [6.07, 6.45) is 3.85. The molecule has 0 bridgehead atoms. The molecule has 1 aromatic carbocycles. The zero-order valence-electron chi connectivity index (χ0n) is 11.2. The highest BCUT2D eigenvalue weighted by molar-refractivity contribution is 5.41. The number of rotatable bonds is 5. The summed E-state index contributed by atoms with van der Waals surface area (Å²) in [5, 5.41) is 22.4. The third-order valence-electron chi connectivity index (χ3n) is 3.62. The Labute approximate surface area is 114 Å². The Bertz CT molecular complexity index is 428. The van der Waals surface area contributed by atoms with Crippen molar-refractivity contribution in [2.24, 2.45) is 0 Å². The van der Waals surface area contributed by atoms with Crippen molar-refractivity contribution in [3.05, 3.63) is 36.4 Å². The highest BCUT2D eigenvalue weighted by Gasteiger charge is 2.22. The molecule has 4 heteroatoms.